The standard InChI is InChI=1S/C24H24N4O6/c29-21-3-1-2-18-16-6-15(11-27(18)21)9-26(12-16)22(30)8-17-23(31)28(24(32)25-17)10-14-4-5-19-20(7-14)34-13-33-19/h1-5,7,15-17H,6,8-13H2,(H,25,32). The molecule has 1 aromatic carbocycles. The number of amides is 4. The molecule has 2 aromatic rings. The molecule has 1 N–H and O–H groups in total. The van der Waals surface area contributed by atoms with Gasteiger partial charge in [-0.3, -0.25) is 19.3 Å². The second kappa shape index (κ2) is 7.89. The van der Waals surface area contributed by atoms with Crippen molar-refractivity contribution in [2.24, 2.45) is 5.92 Å². The van der Waals surface area contributed by atoms with Crippen LogP contribution in [0.15, 0.2) is 41.2 Å². The largest absolute Gasteiger partial charge is 0.454 e. The van der Waals surface area contributed by atoms with E-state index in [4.69, 9.17) is 9.47 Å². The van der Waals surface area contributed by atoms with Crippen molar-refractivity contribution >= 4 is 17.8 Å². The molecule has 4 aliphatic rings. The molecule has 3 unspecified atom stereocenters. The zero-order chi connectivity index (χ0) is 23.4. The monoisotopic (exact) mass is 464 g/mol. The minimum Gasteiger partial charge on any atom is -0.454 e. The highest BCUT2D eigenvalue weighted by atomic mass is 16.7. The lowest BCUT2D eigenvalue weighted by molar-refractivity contribution is -0.137. The van der Waals surface area contributed by atoms with Gasteiger partial charge in [0.1, 0.15) is 6.04 Å². The topological polar surface area (TPSA) is 110 Å². The number of hydrogen-bond donors (Lipinski definition) is 1. The van der Waals surface area contributed by atoms with Gasteiger partial charge in [0.05, 0.1) is 13.0 Å². The lowest BCUT2D eigenvalue weighted by Crippen LogP contribution is -2.50. The zero-order valence-electron chi connectivity index (χ0n) is 18.4. The van der Waals surface area contributed by atoms with Crippen LogP contribution in [0.4, 0.5) is 4.79 Å². The molecule has 0 radical (unpaired) electrons. The van der Waals surface area contributed by atoms with E-state index in [1.165, 1.54) is 0 Å². The van der Waals surface area contributed by atoms with Crippen molar-refractivity contribution in [3.05, 3.63) is 58.0 Å². The number of likely N-dealkylation sites (tertiary alicyclic amines) is 1. The summed E-state index contributed by atoms with van der Waals surface area (Å²) in [4.78, 5) is 53.7. The van der Waals surface area contributed by atoms with Crippen LogP contribution in [-0.2, 0) is 22.7 Å². The van der Waals surface area contributed by atoms with E-state index in [2.05, 4.69) is 5.32 Å². The zero-order valence-corrected chi connectivity index (χ0v) is 18.4. The van der Waals surface area contributed by atoms with Crippen LogP contribution < -0.4 is 20.3 Å². The number of benzene rings is 1. The fourth-order valence-corrected chi connectivity index (χ4v) is 5.49. The van der Waals surface area contributed by atoms with Crippen LogP contribution in [0.1, 0.15) is 30.0 Å². The number of nitrogens with one attached hydrogen (secondary N) is 1. The fourth-order valence-electron chi connectivity index (χ4n) is 5.49. The number of carbonyl (C=O) groups excluding carboxylic acids is 3. The average Bonchev–Trinajstić information content (AvgIpc) is 3.39. The summed E-state index contributed by atoms with van der Waals surface area (Å²) < 4.78 is 12.5. The Balaban J connectivity index is 1.12. The molecule has 2 saturated heterocycles. The lowest BCUT2D eigenvalue weighted by Gasteiger charge is -2.43. The van der Waals surface area contributed by atoms with E-state index in [9.17, 15) is 19.2 Å². The molecule has 0 saturated carbocycles. The summed E-state index contributed by atoms with van der Waals surface area (Å²) >= 11 is 0. The van der Waals surface area contributed by atoms with E-state index < -0.39 is 18.0 Å². The molecular weight excluding hydrogens is 440 g/mol. The van der Waals surface area contributed by atoms with Gasteiger partial charge in [-0.1, -0.05) is 12.1 Å². The predicted molar refractivity (Wildman–Crippen MR) is 118 cm³/mol. The quantitative estimate of drug-likeness (QED) is 0.677. The number of fused-ring (bicyclic) bond motifs is 5. The Bertz CT molecular complexity index is 1260. The number of imide groups is 1. The summed E-state index contributed by atoms with van der Waals surface area (Å²) in [5.74, 6) is 0.933. The third-order valence-electron chi connectivity index (χ3n) is 7.10. The van der Waals surface area contributed by atoms with Crippen molar-refractivity contribution in [2.75, 3.05) is 19.9 Å². The van der Waals surface area contributed by atoms with Gasteiger partial charge in [0, 0.05) is 37.3 Å². The fraction of sp³-hybridized carbons (Fsp3) is 0.417. The number of pyridine rings is 1. The predicted octanol–water partition coefficient (Wildman–Crippen LogP) is 1.03. The number of urea groups is 1. The van der Waals surface area contributed by atoms with E-state index in [-0.39, 0.29) is 43.1 Å². The molecule has 10 nitrogen and oxygen atoms in total. The second-order valence-corrected chi connectivity index (χ2v) is 9.32. The van der Waals surface area contributed by atoms with Crippen LogP contribution in [0.2, 0.25) is 0 Å². The van der Waals surface area contributed by atoms with Gasteiger partial charge in [-0.2, -0.15) is 0 Å². The Labute approximate surface area is 195 Å². The van der Waals surface area contributed by atoms with Gasteiger partial charge < -0.3 is 24.3 Å². The molecule has 10 heteroatoms. The molecule has 2 bridgehead atoms. The van der Waals surface area contributed by atoms with Crippen molar-refractivity contribution in [3.63, 3.8) is 0 Å². The molecule has 4 aliphatic heterocycles. The Morgan fingerprint density at radius 1 is 1.03 bits per heavy atom. The van der Waals surface area contributed by atoms with Crippen molar-refractivity contribution in [1.82, 2.24) is 19.7 Å². The van der Waals surface area contributed by atoms with Crippen molar-refractivity contribution in [2.45, 2.75) is 37.9 Å². The molecule has 0 spiro atoms. The Kier molecular flexibility index (Phi) is 4.82. The van der Waals surface area contributed by atoms with Crippen LogP contribution in [0, 0.1) is 5.92 Å². The van der Waals surface area contributed by atoms with E-state index in [1.807, 2.05) is 10.6 Å². The average molecular weight is 464 g/mol. The van der Waals surface area contributed by atoms with Crippen LogP contribution in [0.5, 0.6) is 11.5 Å². The Morgan fingerprint density at radius 3 is 2.76 bits per heavy atom. The van der Waals surface area contributed by atoms with Crippen molar-refractivity contribution < 1.29 is 23.9 Å². The highest BCUT2D eigenvalue weighted by molar-refractivity contribution is 6.05. The summed E-state index contributed by atoms with van der Waals surface area (Å²) in [5.41, 5.74) is 1.69. The summed E-state index contributed by atoms with van der Waals surface area (Å²) in [7, 11) is 0. The van der Waals surface area contributed by atoms with E-state index in [0.29, 0.717) is 31.1 Å². The van der Waals surface area contributed by atoms with Crippen LogP contribution in [0.3, 0.4) is 0 Å². The number of carbonyl (C=O) groups is 3. The molecular formula is C24H24N4O6. The minimum absolute atomic E-state index is 0.00575. The molecule has 6 rings (SSSR count). The van der Waals surface area contributed by atoms with Crippen LogP contribution in [0.25, 0.3) is 0 Å². The summed E-state index contributed by atoms with van der Waals surface area (Å²) in [6, 6.07) is 9.16. The minimum atomic E-state index is -0.884. The first-order valence-electron chi connectivity index (χ1n) is 11.4. The normalized spacial score (nSPS) is 24.8. The van der Waals surface area contributed by atoms with Gasteiger partial charge in [-0.15, -0.1) is 0 Å². The molecule has 4 amide bonds. The second-order valence-electron chi connectivity index (χ2n) is 9.32. The molecule has 34 heavy (non-hydrogen) atoms. The highest BCUT2D eigenvalue weighted by Gasteiger charge is 2.42. The maximum Gasteiger partial charge on any atom is 0.325 e. The number of ether oxygens (including phenoxy) is 2. The molecule has 1 aromatic heterocycles. The number of nitrogens with zero attached hydrogens (tertiary/aromatic N) is 3. The van der Waals surface area contributed by atoms with Crippen molar-refractivity contribution in [1.29, 1.82) is 0 Å². The number of aromatic nitrogens is 1. The highest BCUT2D eigenvalue weighted by Crippen LogP contribution is 2.36. The van der Waals surface area contributed by atoms with Crippen molar-refractivity contribution in [3.8, 4) is 11.5 Å². The number of piperidine rings is 1. The Morgan fingerprint density at radius 2 is 1.88 bits per heavy atom. The van der Waals surface area contributed by atoms with Crippen LogP contribution in [-0.4, -0.2) is 58.1 Å². The van der Waals surface area contributed by atoms with Gasteiger partial charge in [0.2, 0.25) is 12.7 Å². The third kappa shape index (κ3) is 3.49. The van der Waals surface area contributed by atoms with E-state index >= 15 is 0 Å². The first kappa shape index (κ1) is 20.8. The van der Waals surface area contributed by atoms with E-state index in [0.717, 1.165) is 22.6 Å². The van der Waals surface area contributed by atoms with Gasteiger partial charge in [-0.25, -0.2) is 4.79 Å². The molecule has 5 heterocycles. The maximum absolute atomic E-state index is 13.1. The molecule has 2 fully saturated rings. The summed E-state index contributed by atoms with van der Waals surface area (Å²) in [6.07, 6.45) is 0.860. The SMILES string of the molecule is O=C(CC1NC(=O)N(Cc2ccc3c(c2)OCO3)C1=O)N1CC2CC(C1)c1cccc(=O)n1C2. The summed E-state index contributed by atoms with van der Waals surface area (Å²) in [6.45, 7) is 1.89. The van der Waals surface area contributed by atoms with Crippen LogP contribution >= 0.6 is 0 Å². The molecule has 176 valence electrons. The van der Waals surface area contributed by atoms with Gasteiger partial charge >= 0.3 is 6.03 Å². The van der Waals surface area contributed by atoms with E-state index in [1.54, 1.807) is 35.2 Å². The van der Waals surface area contributed by atoms with Gasteiger partial charge in [0.15, 0.2) is 11.5 Å². The maximum atomic E-state index is 13.1. The number of hydrogen-bond acceptors (Lipinski definition) is 6. The Hall–Kier alpha value is -3.82. The first-order valence-corrected chi connectivity index (χ1v) is 11.4. The third-order valence-corrected chi connectivity index (χ3v) is 7.10. The van der Waals surface area contributed by atoms with Gasteiger partial charge in [0.25, 0.3) is 11.5 Å². The lowest BCUT2D eigenvalue weighted by atomic mass is 9.83. The van der Waals surface area contributed by atoms with Gasteiger partial charge in [-0.05, 0) is 36.1 Å². The molecule has 0 aliphatic carbocycles. The first-order chi connectivity index (χ1) is 16.5. The smallest absolute Gasteiger partial charge is 0.325 e. The number of rotatable bonds is 4. The summed E-state index contributed by atoms with van der Waals surface area (Å²) in [5, 5.41) is 2.66. The molecule has 3 atom stereocenters.